The second-order valence-electron chi connectivity index (χ2n) is 15.0. The fourth-order valence-corrected chi connectivity index (χ4v) is 6.16. The van der Waals surface area contributed by atoms with Gasteiger partial charge in [0.05, 0.1) is 5.69 Å². The normalized spacial score (nSPS) is 11.4. The first kappa shape index (κ1) is 44.7. The van der Waals surface area contributed by atoms with Crippen molar-refractivity contribution in [2.24, 2.45) is 0 Å². The minimum absolute atomic E-state index is 0.730. The standard InChI is InChI=1S/C42H59N9.C2H2O4/c1-48(2)26-7-23-43-30-33-10-16-36(17-11-33)40-39-22-29-51(38-20-14-35(15-21-38)32-45-25-9-28-50(5)6)42(39)47-41(46-40)37-18-12-34(13-19-37)31-44-24-8-27-49(3)4;3-1(4)2(5)6/h10-22,29,43-45H,7-9,23-28,30-32H2,1-6H3;(H,3,4)(H,5,6). The largest absolute Gasteiger partial charge is 0.473 e. The quantitative estimate of drug-likeness (QED) is 0.0502. The van der Waals surface area contributed by atoms with Crippen molar-refractivity contribution in [3.63, 3.8) is 0 Å². The highest BCUT2D eigenvalue weighted by molar-refractivity contribution is 6.27. The average molecular weight is 780 g/mol. The molecule has 2 aromatic heterocycles. The fraction of sp³-hybridized carbons (Fsp3) is 0.409. The number of carboxylic acids is 2. The zero-order valence-corrected chi connectivity index (χ0v) is 34.5. The molecule has 0 fully saturated rings. The van der Waals surface area contributed by atoms with Crippen LogP contribution in [0.25, 0.3) is 39.4 Å². The van der Waals surface area contributed by atoms with Gasteiger partial charge in [0.2, 0.25) is 0 Å². The molecule has 5 rings (SSSR count). The van der Waals surface area contributed by atoms with Crippen molar-refractivity contribution in [2.45, 2.75) is 38.9 Å². The monoisotopic (exact) mass is 779 g/mol. The number of benzene rings is 3. The van der Waals surface area contributed by atoms with Crippen LogP contribution in [0.1, 0.15) is 36.0 Å². The predicted octanol–water partition coefficient (Wildman–Crippen LogP) is 5.03. The Kier molecular flexibility index (Phi) is 18.2. The number of hydrogen-bond acceptors (Lipinski definition) is 10. The second-order valence-corrected chi connectivity index (χ2v) is 15.0. The summed E-state index contributed by atoms with van der Waals surface area (Å²) >= 11 is 0. The van der Waals surface area contributed by atoms with Crippen LogP contribution in [-0.2, 0) is 29.2 Å². The Hall–Kier alpha value is -5.02. The van der Waals surface area contributed by atoms with Gasteiger partial charge in [-0.15, -0.1) is 0 Å². The number of carboxylic acid groups (broad SMARTS) is 2. The van der Waals surface area contributed by atoms with Crippen molar-refractivity contribution in [1.29, 1.82) is 0 Å². The maximum Gasteiger partial charge on any atom is 0.414 e. The van der Waals surface area contributed by atoms with Gasteiger partial charge in [0.15, 0.2) is 5.82 Å². The number of carbonyl (C=O) groups is 2. The van der Waals surface area contributed by atoms with Crippen molar-refractivity contribution >= 4 is 23.0 Å². The van der Waals surface area contributed by atoms with Crippen molar-refractivity contribution in [2.75, 3.05) is 81.6 Å². The fourth-order valence-electron chi connectivity index (χ4n) is 6.16. The minimum atomic E-state index is -1.82. The van der Waals surface area contributed by atoms with Crippen molar-refractivity contribution in [1.82, 2.24) is 45.2 Å². The Labute approximate surface area is 337 Å². The summed E-state index contributed by atoms with van der Waals surface area (Å²) in [7, 11) is 12.7. The van der Waals surface area contributed by atoms with E-state index in [0.717, 1.165) is 118 Å². The van der Waals surface area contributed by atoms with E-state index in [-0.39, 0.29) is 0 Å². The van der Waals surface area contributed by atoms with Crippen LogP contribution in [0.2, 0.25) is 0 Å². The number of nitrogens with one attached hydrogen (secondary N) is 3. The van der Waals surface area contributed by atoms with Gasteiger partial charge in [-0.2, -0.15) is 0 Å². The molecule has 0 bridgehead atoms. The van der Waals surface area contributed by atoms with Crippen LogP contribution in [-0.4, -0.2) is 133 Å². The van der Waals surface area contributed by atoms with Crippen LogP contribution >= 0.6 is 0 Å². The van der Waals surface area contributed by atoms with Gasteiger partial charge >= 0.3 is 11.9 Å². The molecule has 0 unspecified atom stereocenters. The van der Waals surface area contributed by atoms with E-state index in [2.05, 4.69) is 163 Å². The van der Waals surface area contributed by atoms with E-state index in [1.54, 1.807) is 0 Å². The number of aliphatic carboxylic acids is 2. The molecule has 306 valence electrons. The Morgan fingerprint density at radius 3 is 1.37 bits per heavy atom. The molecule has 0 amide bonds. The first-order valence-corrected chi connectivity index (χ1v) is 19.6. The molecule has 0 aliphatic heterocycles. The van der Waals surface area contributed by atoms with Crippen LogP contribution in [0.5, 0.6) is 0 Å². The summed E-state index contributed by atoms with van der Waals surface area (Å²) in [6.45, 7) is 8.84. The zero-order valence-electron chi connectivity index (χ0n) is 34.5. The van der Waals surface area contributed by atoms with Gasteiger partial charge < -0.3 is 45.4 Å². The molecule has 5 N–H and O–H groups in total. The second kappa shape index (κ2) is 23.3. The average Bonchev–Trinajstić information content (AvgIpc) is 3.62. The van der Waals surface area contributed by atoms with E-state index in [1.807, 2.05) is 0 Å². The summed E-state index contributed by atoms with van der Waals surface area (Å²) in [5.41, 5.74) is 8.84. The third-order valence-corrected chi connectivity index (χ3v) is 9.24. The molecule has 2 heterocycles. The van der Waals surface area contributed by atoms with Crippen molar-refractivity contribution < 1.29 is 19.8 Å². The minimum Gasteiger partial charge on any atom is -0.473 e. The SMILES string of the molecule is CN(C)CCCNCc1ccc(-c2nc(-c3ccc(CNCCCN(C)C)cc3)c3ccn(-c4ccc(CNCCCN(C)C)cc4)c3n2)cc1.O=C(O)C(=O)O. The summed E-state index contributed by atoms with van der Waals surface area (Å²) < 4.78 is 2.19. The molecule has 13 heteroatoms. The Bertz CT molecular complexity index is 1950. The predicted molar refractivity (Wildman–Crippen MR) is 230 cm³/mol. The lowest BCUT2D eigenvalue weighted by molar-refractivity contribution is -0.159. The molecule has 0 spiro atoms. The van der Waals surface area contributed by atoms with Gasteiger partial charge in [-0.3, -0.25) is 0 Å². The Morgan fingerprint density at radius 2 is 0.965 bits per heavy atom. The molecule has 0 aliphatic carbocycles. The van der Waals surface area contributed by atoms with Gasteiger partial charge in [0, 0.05) is 48.0 Å². The van der Waals surface area contributed by atoms with Gasteiger partial charge in [0.25, 0.3) is 0 Å². The summed E-state index contributed by atoms with van der Waals surface area (Å²) in [5.74, 6) is -2.92. The first-order valence-electron chi connectivity index (χ1n) is 19.6. The first-order chi connectivity index (χ1) is 27.4. The Balaban J connectivity index is 0.00000111. The van der Waals surface area contributed by atoms with Crippen molar-refractivity contribution in [3.8, 4) is 28.3 Å². The number of aromatic nitrogens is 3. The lowest BCUT2D eigenvalue weighted by Gasteiger charge is -2.12. The summed E-state index contributed by atoms with van der Waals surface area (Å²) in [6, 6.07) is 28.5. The number of nitrogens with zero attached hydrogens (tertiary/aromatic N) is 6. The highest BCUT2D eigenvalue weighted by Gasteiger charge is 2.16. The molecule has 0 saturated carbocycles. The zero-order chi connectivity index (χ0) is 41.2. The smallest absolute Gasteiger partial charge is 0.414 e. The van der Waals surface area contributed by atoms with Crippen molar-refractivity contribution in [3.05, 3.63) is 102 Å². The van der Waals surface area contributed by atoms with E-state index in [9.17, 15) is 0 Å². The number of fused-ring (bicyclic) bond motifs is 1. The molecule has 0 radical (unpaired) electrons. The van der Waals surface area contributed by atoms with Crippen LogP contribution in [0.15, 0.2) is 85.1 Å². The summed E-state index contributed by atoms with van der Waals surface area (Å²) in [4.78, 5) is 35.3. The molecule has 13 nitrogen and oxygen atoms in total. The summed E-state index contributed by atoms with van der Waals surface area (Å²) in [6.07, 6.45) is 5.53. The third kappa shape index (κ3) is 15.1. The van der Waals surface area contributed by atoms with E-state index in [4.69, 9.17) is 29.8 Å². The highest BCUT2D eigenvalue weighted by Crippen LogP contribution is 2.31. The molecular formula is C44H61N9O4. The van der Waals surface area contributed by atoms with Gasteiger partial charge in [0.1, 0.15) is 5.65 Å². The van der Waals surface area contributed by atoms with Gasteiger partial charge in [-0.05, 0) is 136 Å². The number of hydrogen-bond donors (Lipinski definition) is 5. The lowest BCUT2D eigenvalue weighted by Crippen LogP contribution is -2.21. The molecule has 0 saturated heterocycles. The van der Waals surface area contributed by atoms with E-state index < -0.39 is 11.9 Å². The molecule has 5 aromatic rings. The maximum absolute atomic E-state index is 9.10. The highest BCUT2D eigenvalue weighted by atomic mass is 16.4. The van der Waals surface area contributed by atoms with Crippen LogP contribution in [0.3, 0.4) is 0 Å². The lowest BCUT2D eigenvalue weighted by atomic mass is 10.1. The van der Waals surface area contributed by atoms with Crippen LogP contribution in [0.4, 0.5) is 0 Å². The molecule has 57 heavy (non-hydrogen) atoms. The molecule has 0 aliphatic rings. The van der Waals surface area contributed by atoms with Crippen LogP contribution < -0.4 is 16.0 Å². The molecule has 0 atom stereocenters. The van der Waals surface area contributed by atoms with Crippen LogP contribution in [0, 0.1) is 0 Å². The number of rotatable bonds is 21. The van der Waals surface area contributed by atoms with E-state index >= 15 is 0 Å². The molecule has 3 aromatic carbocycles. The van der Waals surface area contributed by atoms with Gasteiger partial charge in [-0.1, -0.05) is 60.7 Å². The Morgan fingerprint density at radius 1 is 0.561 bits per heavy atom. The maximum atomic E-state index is 9.10. The van der Waals surface area contributed by atoms with E-state index in [0.29, 0.717) is 0 Å². The summed E-state index contributed by atoms with van der Waals surface area (Å²) in [5, 5.41) is 26.6. The van der Waals surface area contributed by atoms with E-state index in [1.165, 1.54) is 16.7 Å². The topological polar surface area (TPSA) is 151 Å². The van der Waals surface area contributed by atoms with Gasteiger partial charge in [-0.25, -0.2) is 19.6 Å². The third-order valence-electron chi connectivity index (χ3n) is 9.24. The molecular weight excluding hydrogens is 719 g/mol.